The minimum atomic E-state index is -0.558. The van der Waals surface area contributed by atoms with Gasteiger partial charge in [0, 0.05) is 24.1 Å². The number of anilines is 1. The van der Waals surface area contributed by atoms with Gasteiger partial charge in [-0.15, -0.1) is 0 Å². The summed E-state index contributed by atoms with van der Waals surface area (Å²) in [6.07, 6.45) is 5.35. The fourth-order valence-corrected chi connectivity index (χ4v) is 4.59. The molecule has 4 nitrogen and oxygen atoms in total. The molecule has 0 amide bonds. The highest BCUT2D eigenvalue weighted by molar-refractivity contribution is 5.60. The van der Waals surface area contributed by atoms with Crippen LogP contribution in [0.15, 0.2) is 54.9 Å². The Morgan fingerprint density at radius 1 is 1.00 bits per heavy atom. The minimum Gasteiger partial charge on any atom is -0.376 e. The molecule has 168 valence electrons. The van der Waals surface area contributed by atoms with Crippen molar-refractivity contribution in [2.75, 3.05) is 18.5 Å². The van der Waals surface area contributed by atoms with Gasteiger partial charge in [0.1, 0.15) is 23.3 Å². The van der Waals surface area contributed by atoms with Crippen molar-refractivity contribution in [2.45, 2.75) is 44.1 Å². The largest absolute Gasteiger partial charge is 0.376 e. The first-order chi connectivity index (χ1) is 15.3. The van der Waals surface area contributed by atoms with E-state index in [4.69, 9.17) is 4.74 Å². The Bertz CT molecular complexity index is 1090. The summed E-state index contributed by atoms with van der Waals surface area (Å²) in [6, 6.07) is 9.94. The monoisotopic (exact) mass is 441 g/mol. The van der Waals surface area contributed by atoms with Crippen LogP contribution in [0.25, 0.3) is 11.3 Å². The fraction of sp³-hybridized carbons (Fsp3) is 0.360. The number of ether oxygens (including phenoxy) is 1. The molecule has 1 fully saturated rings. The molecule has 2 heterocycles. The standard InChI is InChI=1S/C25H26F3N3O/c1-24(2)16-25(10-12-32-24,17-3-5-18(26)6-4-17)9-11-30-23-15-29-14-22(31-23)20-13-19(27)7-8-21(20)28/h3-8,13-15H,9-12,16H2,1-2H3,(H,30,31). The fourth-order valence-electron chi connectivity index (χ4n) is 4.59. The molecule has 0 radical (unpaired) electrons. The Morgan fingerprint density at radius 3 is 2.50 bits per heavy atom. The van der Waals surface area contributed by atoms with E-state index >= 15 is 0 Å². The van der Waals surface area contributed by atoms with E-state index in [2.05, 4.69) is 29.1 Å². The van der Waals surface area contributed by atoms with Gasteiger partial charge in [0.15, 0.2) is 0 Å². The lowest BCUT2D eigenvalue weighted by Crippen LogP contribution is -2.45. The van der Waals surface area contributed by atoms with Crippen LogP contribution in [0.4, 0.5) is 19.0 Å². The molecule has 3 aromatic rings. The Morgan fingerprint density at radius 2 is 1.75 bits per heavy atom. The third-order valence-corrected chi connectivity index (χ3v) is 6.04. The molecule has 2 aromatic carbocycles. The van der Waals surface area contributed by atoms with Crippen molar-refractivity contribution < 1.29 is 17.9 Å². The van der Waals surface area contributed by atoms with Crippen LogP contribution in [0.1, 0.15) is 38.7 Å². The number of nitrogens with one attached hydrogen (secondary N) is 1. The summed E-state index contributed by atoms with van der Waals surface area (Å²) < 4.78 is 47.2. The van der Waals surface area contributed by atoms with E-state index in [0.717, 1.165) is 43.0 Å². The molecule has 1 unspecified atom stereocenters. The predicted molar refractivity (Wildman–Crippen MR) is 118 cm³/mol. The Labute approximate surface area is 185 Å². The highest BCUT2D eigenvalue weighted by Crippen LogP contribution is 2.44. The Balaban J connectivity index is 1.52. The van der Waals surface area contributed by atoms with Crippen molar-refractivity contribution in [3.8, 4) is 11.3 Å². The molecule has 1 aromatic heterocycles. The Hall–Kier alpha value is -2.93. The van der Waals surface area contributed by atoms with Crippen molar-refractivity contribution in [1.29, 1.82) is 0 Å². The number of aromatic nitrogens is 2. The van der Waals surface area contributed by atoms with Gasteiger partial charge < -0.3 is 10.1 Å². The summed E-state index contributed by atoms with van der Waals surface area (Å²) >= 11 is 0. The zero-order valence-electron chi connectivity index (χ0n) is 18.2. The highest BCUT2D eigenvalue weighted by atomic mass is 19.1. The molecule has 0 aliphatic carbocycles. The smallest absolute Gasteiger partial charge is 0.145 e. The number of halogens is 3. The van der Waals surface area contributed by atoms with Gasteiger partial charge in [0.05, 0.1) is 23.7 Å². The maximum Gasteiger partial charge on any atom is 0.145 e. The van der Waals surface area contributed by atoms with E-state index in [-0.39, 0.29) is 28.1 Å². The second kappa shape index (κ2) is 8.90. The third kappa shape index (κ3) is 4.93. The van der Waals surface area contributed by atoms with Crippen molar-refractivity contribution in [2.24, 2.45) is 0 Å². The number of nitrogens with zero attached hydrogens (tertiary/aromatic N) is 2. The molecule has 1 aliphatic heterocycles. The van der Waals surface area contributed by atoms with Crippen LogP contribution in [-0.4, -0.2) is 28.7 Å². The van der Waals surface area contributed by atoms with Crippen LogP contribution >= 0.6 is 0 Å². The molecule has 1 N–H and O–H groups in total. The minimum absolute atomic E-state index is 0.0649. The second-order valence-electron chi connectivity index (χ2n) is 8.91. The topological polar surface area (TPSA) is 47.0 Å². The summed E-state index contributed by atoms with van der Waals surface area (Å²) in [7, 11) is 0. The second-order valence-corrected chi connectivity index (χ2v) is 8.91. The highest BCUT2D eigenvalue weighted by Gasteiger charge is 2.41. The van der Waals surface area contributed by atoms with Crippen LogP contribution in [-0.2, 0) is 10.2 Å². The average Bonchev–Trinajstić information content (AvgIpc) is 2.75. The van der Waals surface area contributed by atoms with Gasteiger partial charge in [0.2, 0.25) is 0 Å². The molecule has 1 aliphatic rings. The van der Waals surface area contributed by atoms with Crippen LogP contribution in [0, 0.1) is 17.5 Å². The van der Waals surface area contributed by atoms with Gasteiger partial charge in [-0.05, 0) is 69.0 Å². The van der Waals surface area contributed by atoms with Crippen molar-refractivity contribution in [3.05, 3.63) is 77.9 Å². The maximum atomic E-state index is 14.1. The van der Waals surface area contributed by atoms with Gasteiger partial charge in [-0.3, -0.25) is 4.98 Å². The maximum absolute atomic E-state index is 14.1. The normalized spacial score (nSPS) is 20.2. The molecule has 7 heteroatoms. The molecule has 1 saturated heterocycles. The predicted octanol–water partition coefficient (Wildman–Crippen LogP) is 5.89. The first-order valence-corrected chi connectivity index (χ1v) is 10.7. The van der Waals surface area contributed by atoms with Gasteiger partial charge in [-0.1, -0.05) is 12.1 Å². The number of benzene rings is 2. The van der Waals surface area contributed by atoms with Crippen LogP contribution in [0.3, 0.4) is 0 Å². The molecule has 0 saturated carbocycles. The number of hydrogen-bond donors (Lipinski definition) is 1. The first-order valence-electron chi connectivity index (χ1n) is 10.7. The summed E-state index contributed by atoms with van der Waals surface area (Å²) in [4.78, 5) is 8.54. The van der Waals surface area contributed by atoms with E-state index in [1.807, 2.05) is 12.1 Å². The molecule has 0 bridgehead atoms. The van der Waals surface area contributed by atoms with E-state index < -0.39 is 11.6 Å². The van der Waals surface area contributed by atoms with Crippen molar-refractivity contribution >= 4 is 5.82 Å². The molecule has 32 heavy (non-hydrogen) atoms. The average molecular weight is 441 g/mol. The van der Waals surface area contributed by atoms with Crippen molar-refractivity contribution in [1.82, 2.24) is 9.97 Å². The third-order valence-electron chi connectivity index (χ3n) is 6.04. The van der Waals surface area contributed by atoms with Gasteiger partial charge in [0.25, 0.3) is 0 Å². The number of rotatable bonds is 6. The summed E-state index contributed by atoms with van der Waals surface area (Å²) in [5.41, 5.74) is 0.935. The van der Waals surface area contributed by atoms with Gasteiger partial charge in [-0.2, -0.15) is 0 Å². The van der Waals surface area contributed by atoms with E-state index in [9.17, 15) is 13.2 Å². The molecule has 1 atom stereocenters. The molecular formula is C25H26F3N3O. The lowest BCUT2D eigenvalue weighted by Gasteiger charge is -2.45. The number of hydrogen-bond acceptors (Lipinski definition) is 4. The van der Waals surface area contributed by atoms with Gasteiger partial charge >= 0.3 is 0 Å². The zero-order valence-corrected chi connectivity index (χ0v) is 18.2. The summed E-state index contributed by atoms with van der Waals surface area (Å²) in [5, 5.41) is 3.26. The summed E-state index contributed by atoms with van der Waals surface area (Å²) in [6.45, 7) is 5.34. The quantitative estimate of drug-likeness (QED) is 0.518. The lowest BCUT2D eigenvalue weighted by atomic mass is 9.67. The summed E-state index contributed by atoms with van der Waals surface area (Å²) in [5.74, 6) is -0.876. The SMILES string of the molecule is CC1(C)CC(CCNc2cncc(-c3cc(F)ccc3F)n2)(c2ccc(F)cc2)CCO1. The van der Waals surface area contributed by atoms with Crippen LogP contribution in [0.5, 0.6) is 0 Å². The van der Waals surface area contributed by atoms with E-state index in [1.54, 1.807) is 6.20 Å². The first kappa shape index (κ1) is 22.3. The Kier molecular flexibility index (Phi) is 6.20. The van der Waals surface area contributed by atoms with Crippen molar-refractivity contribution in [3.63, 3.8) is 0 Å². The van der Waals surface area contributed by atoms with Gasteiger partial charge in [-0.25, -0.2) is 18.2 Å². The van der Waals surface area contributed by atoms with E-state index in [0.29, 0.717) is 19.0 Å². The lowest BCUT2D eigenvalue weighted by molar-refractivity contribution is -0.0835. The molecule has 4 rings (SSSR count). The molecule has 0 spiro atoms. The van der Waals surface area contributed by atoms with Crippen LogP contribution < -0.4 is 5.32 Å². The molecular weight excluding hydrogens is 415 g/mol. The van der Waals surface area contributed by atoms with E-state index in [1.165, 1.54) is 18.3 Å². The zero-order chi connectivity index (χ0) is 22.8. The van der Waals surface area contributed by atoms with Crippen LogP contribution in [0.2, 0.25) is 0 Å².